The second-order valence-corrected chi connectivity index (χ2v) is 5.15. The largest absolute Gasteiger partial charge is 0.454 e. The van der Waals surface area contributed by atoms with Gasteiger partial charge < -0.3 is 4.74 Å². The maximum Gasteiger partial charge on any atom is 0.331 e. The van der Waals surface area contributed by atoms with Gasteiger partial charge in [0.25, 0.3) is 0 Å². The number of pyridine rings is 1. The molecule has 0 bridgehead atoms. The van der Waals surface area contributed by atoms with E-state index in [2.05, 4.69) is 4.98 Å². The predicted octanol–water partition coefficient (Wildman–Crippen LogP) is 3.67. The minimum atomic E-state index is -0.563. The molecule has 0 saturated carbocycles. The number of rotatable bonds is 5. The Balaban J connectivity index is 1.64. The molecule has 4 heteroatoms. The highest BCUT2D eigenvalue weighted by Gasteiger charge is 2.07. The third kappa shape index (κ3) is 3.73. The van der Waals surface area contributed by atoms with Gasteiger partial charge in [-0.15, -0.1) is 0 Å². The van der Waals surface area contributed by atoms with Crippen LogP contribution in [0.5, 0.6) is 0 Å². The number of nitrogens with zero attached hydrogens (tertiary/aromatic N) is 1. The van der Waals surface area contributed by atoms with E-state index in [1.807, 2.05) is 36.4 Å². The molecule has 3 aromatic rings. The van der Waals surface area contributed by atoms with Crippen molar-refractivity contribution in [3.8, 4) is 0 Å². The minimum Gasteiger partial charge on any atom is -0.454 e. The number of benzene rings is 2. The number of carbonyl (C=O) groups is 2. The fourth-order valence-electron chi connectivity index (χ4n) is 2.31. The molecule has 4 nitrogen and oxygen atoms in total. The van der Waals surface area contributed by atoms with Gasteiger partial charge in [0.2, 0.25) is 0 Å². The summed E-state index contributed by atoms with van der Waals surface area (Å²) >= 11 is 0. The number of ether oxygens (including phenoxy) is 1. The molecule has 0 radical (unpaired) electrons. The van der Waals surface area contributed by atoms with Gasteiger partial charge in [-0.05, 0) is 12.1 Å². The van der Waals surface area contributed by atoms with Crippen LogP contribution in [0.3, 0.4) is 0 Å². The molecule has 0 aliphatic heterocycles. The predicted molar refractivity (Wildman–Crippen MR) is 92.5 cm³/mol. The number of hydrogen-bond acceptors (Lipinski definition) is 4. The Bertz CT molecular complexity index is 896. The Morgan fingerprint density at radius 1 is 0.958 bits per heavy atom. The fraction of sp³-hybridized carbons (Fsp3) is 0.0500. The SMILES string of the molecule is O=C(/C=C/c1cccc2cccnc12)OCC(=O)c1ccccc1. The molecule has 0 atom stereocenters. The lowest BCUT2D eigenvalue weighted by molar-refractivity contribution is -0.136. The molecule has 0 N–H and O–H groups in total. The average molecular weight is 317 g/mol. The zero-order valence-electron chi connectivity index (χ0n) is 12.9. The van der Waals surface area contributed by atoms with Crippen molar-refractivity contribution in [3.05, 3.63) is 84.1 Å². The molecule has 1 aromatic heterocycles. The lowest BCUT2D eigenvalue weighted by atomic mass is 10.1. The smallest absolute Gasteiger partial charge is 0.331 e. The van der Waals surface area contributed by atoms with Crippen molar-refractivity contribution in [2.75, 3.05) is 6.61 Å². The van der Waals surface area contributed by atoms with Crippen LogP contribution in [0.1, 0.15) is 15.9 Å². The number of para-hydroxylation sites is 1. The Hall–Kier alpha value is -3.27. The molecule has 3 rings (SSSR count). The highest BCUT2D eigenvalue weighted by Crippen LogP contribution is 2.17. The zero-order valence-corrected chi connectivity index (χ0v) is 12.9. The lowest BCUT2D eigenvalue weighted by Gasteiger charge is -2.02. The molecule has 0 amide bonds. The van der Waals surface area contributed by atoms with Crippen molar-refractivity contribution in [3.63, 3.8) is 0 Å². The molecule has 0 saturated heterocycles. The van der Waals surface area contributed by atoms with Crippen LogP contribution in [-0.2, 0) is 9.53 Å². The van der Waals surface area contributed by atoms with Crippen molar-refractivity contribution >= 4 is 28.7 Å². The first-order chi connectivity index (χ1) is 11.7. The number of hydrogen-bond donors (Lipinski definition) is 0. The Labute approximate surface area is 139 Å². The van der Waals surface area contributed by atoms with Crippen molar-refractivity contribution in [2.45, 2.75) is 0 Å². The van der Waals surface area contributed by atoms with Gasteiger partial charge in [0.1, 0.15) is 0 Å². The van der Waals surface area contributed by atoms with Crippen molar-refractivity contribution in [1.29, 1.82) is 0 Å². The number of carbonyl (C=O) groups excluding carboxylic acids is 2. The monoisotopic (exact) mass is 317 g/mol. The van der Waals surface area contributed by atoms with Gasteiger partial charge in [-0.25, -0.2) is 4.79 Å². The molecule has 0 unspecified atom stereocenters. The molecule has 0 spiro atoms. The number of ketones is 1. The summed E-state index contributed by atoms with van der Waals surface area (Å²) in [4.78, 5) is 28.0. The van der Waals surface area contributed by atoms with Crippen molar-refractivity contribution in [2.24, 2.45) is 0 Å². The van der Waals surface area contributed by atoms with Crippen LogP contribution in [0.2, 0.25) is 0 Å². The van der Waals surface area contributed by atoms with Crippen LogP contribution in [0.15, 0.2) is 72.9 Å². The van der Waals surface area contributed by atoms with E-state index in [0.29, 0.717) is 5.56 Å². The topological polar surface area (TPSA) is 56.3 Å². The molecule has 1 heterocycles. The Morgan fingerprint density at radius 3 is 2.58 bits per heavy atom. The van der Waals surface area contributed by atoms with Gasteiger partial charge in [-0.2, -0.15) is 0 Å². The van der Waals surface area contributed by atoms with E-state index in [0.717, 1.165) is 16.5 Å². The summed E-state index contributed by atoms with van der Waals surface area (Å²) in [6, 6.07) is 18.3. The van der Waals surface area contributed by atoms with Crippen LogP contribution in [0.25, 0.3) is 17.0 Å². The second-order valence-electron chi connectivity index (χ2n) is 5.15. The molecule has 0 aliphatic rings. The van der Waals surface area contributed by atoms with Crippen LogP contribution in [0.4, 0.5) is 0 Å². The van der Waals surface area contributed by atoms with Crippen molar-refractivity contribution in [1.82, 2.24) is 4.98 Å². The van der Waals surface area contributed by atoms with Gasteiger partial charge in [-0.1, -0.05) is 54.6 Å². The van der Waals surface area contributed by atoms with E-state index >= 15 is 0 Å². The fourth-order valence-corrected chi connectivity index (χ4v) is 2.31. The summed E-state index contributed by atoms with van der Waals surface area (Å²) in [5, 5.41) is 0.993. The summed E-state index contributed by atoms with van der Waals surface area (Å²) in [6.45, 7) is -0.277. The number of aromatic nitrogens is 1. The first-order valence-electron chi connectivity index (χ1n) is 7.51. The van der Waals surface area contributed by atoms with Gasteiger partial charge in [-0.3, -0.25) is 9.78 Å². The van der Waals surface area contributed by atoms with Crippen LogP contribution in [0, 0.1) is 0 Å². The van der Waals surface area contributed by atoms with E-state index in [1.165, 1.54) is 6.08 Å². The summed E-state index contributed by atoms with van der Waals surface area (Å²) in [6.07, 6.45) is 4.66. The Morgan fingerprint density at radius 2 is 1.75 bits per heavy atom. The zero-order chi connectivity index (χ0) is 16.8. The summed E-state index contributed by atoms with van der Waals surface area (Å²) < 4.78 is 5.00. The van der Waals surface area contributed by atoms with Crippen LogP contribution >= 0.6 is 0 Å². The van der Waals surface area contributed by atoms with Crippen LogP contribution in [-0.4, -0.2) is 23.3 Å². The normalized spacial score (nSPS) is 10.8. The number of fused-ring (bicyclic) bond motifs is 1. The van der Waals surface area contributed by atoms with E-state index in [9.17, 15) is 9.59 Å². The molecule has 24 heavy (non-hydrogen) atoms. The van der Waals surface area contributed by atoms with Gasteiger partial charge >= 0.3 is 5.97 Å². The average Bonchev–Trinajstić information content (AvgIpc) is 2.65. The lowest BCUT2D eigenvalue weighted by Crippen LogP contribution is -2.12. The highest BCUT2D eigenvalue weighted by molar-refractivity contribution is 5.99. The van der Waals surface area contributed by atoms with Gasteiger partial charge in [0.05, 0.1) is 5.52 Å². The molecule has 0 aliphatic carbocycles. The van der Waals surface area contributed by atoms with E-state index in [-0.39, 0.29) is 12.4 Å². The molecule has 2 aromatic carbocycles. The summed E-state index contributed by atoms with van der Waals surface area (Å²) in [5.74, 6) is -0.795. The maximum absolute atomic E-state index is 11.9. The highest BCUT2D eigenvalue weighted by atomic mass is 16.5. The first-order valence-corrected chi connectivity index (χ1v) is 7.51. The maximum atomic E-state index is 11.9. The van der Waals surface area contributed by atoms with Gasteiger partial charge in [0.15, 0.2) is 12.4 Å². The molecular weight excluding hydrogens is 302 g/mol. The standard InChI is InChI=1S/C20H15NO3/c22-18(15-6-2-1-3-7-15)14-24-19(23)12-11-17-9-4-8-16-10-5-13-21-20(16)17/h1-13H,14H2/b12-11+. The van der Waals surface area contributed by atoms with E-state index in [4.69, 9.17) is 4.74 Å². The molecule has 118 valence electrons. The summed E-state index contributed by atoms with van der Waals surface area (Å²) in [5.41, 5.74) is 2.15. The minimum absolute atomic E-state index is 0.232. The van der Waals surface area contributed by atoms with E-state index in [1.54, 1.807) is 36.5 Å². The van der Waals surface area contributed by atoms with Crippen LogP contribution < -0.4 is 0 Å². The Kier molecular flexibility index (Phi) is 4.77. The van der Waals surface area contributed by atoms with Gasteiger partial charge in [0, 0.05) is 28.8 Å². The van der Waals surface area contributed by atoms with E-state index < -0.39 is 5.97 Å². The number of Topliss-reactive ketones (excluding diaryl/α,β-unsaturated/α-hetero) is 1. The molecular formula is C20H15NO3. The number of esters is 1. The quantitative estimate of drug-likeness (QED) is 0.409. The van der Waals surface area contributed by atoms with Crippen molar-refractivity contribution < 1.29 is 14.3 Å². The summed E-state index contributed by atoms with van der Waals surface area (Å²) in [7, 11) is 0. The first kappa shape index (κ1) is 15.6. The second kappa shape index (κ2) is 7.33. The third-order valence-electron chi connectivity index (χ3n) is 3.50. The third-order valence-corrected chi connectivity index (χ3v) is 3.50. The molecule has 0 fully saturated rings.